The van der Waals surface area contributed by atoms with Crippen LogP contribution in [0.25, 0.3) is 33.6 Å². The third kappa shape index (κ3) is 4.37. The molecule has 3 atom stereocenters. The maximum Gasteiger partial charge on any atom is 0.511 e. The fourth-order valence-corrected chi connectivity index (χ4v) is 8.43. The van der Waals surface area contributed by atoms with Gasteiger partial charge in [0.15, 0.2) is 5.82 Å². The van der Waals surface area contributed by atoms with Crippen molar-refractivity contribution in [1.29, 1.82) is 0 Å². The molecule has 2 aliphatic carbocycles. The van der Waals surface area contributed by atoms with E-state index in [-0.39, 0.29) is 37.0 Å². The van der Waals surface area contributed by atoms with Crippen molar-refractivity contribution in [1.82, 2.24) is 28.3 Å². The SMILES string of the molecule is COc1cc(C(=O)N2CC3CCC2[C@@H]3N)cc2nc(-c3cc4cccnc4n3CC3CC3)n(C3CN(S(=O)(=O)C(F)(F)F)C3)c12. The molecule has 4 aliphatic rings. The zero-order valence-electron chi connectivity index (χ0n) is 24.4. The number of hydrogen-bond acceptors (Lipinski definition) is 7. The number of hydrogen-bond donors (Lipinski definition) is 1. The number of methoxy groups -OCH3 is 1. The van der Waals surface area contributed by atoms with E-state index in [0.717, 1.165) is 36.7 Å². The number of pyridine rings is 1. The predicted molar refractivity (Wildman–Crippen MR) is 159 cm³/mol. The number of likely N-dealkylation sites (tertiary alicyclic amines) is 1. The predicted octanol–water partition coefficient (Wildman–Crippen LogP) is 3.74. The number of piperidine rings is 1. The van der Waals surface area contributed by atoms with Crippen molar-refractivity contribution in [3.63, 3.8) is 0 Å². The number of carbonyl (C=O) groups excluding carboxylic acids is 1. The summed E-state index contributed by atoms with van der Waals surface area (Å²) in [5.41, 5.74) is 3.73. The molecule has 11 nitrogen and oxygen atoms in total. The minimum atomic E-state index is -5.49. The average molecular weight is 644 g/mol. The van der Waals surface area contributed by atoms with Gasteiger partial charge in [-0.3, -0.25) is 4.79 Å². The van der Waals surface area contributed by atoms with Gasteiger partial charge in [-0.15, -0.1) is 0 Å². The van der Waals surface area contributed by atoms with Gasteiger partial charge in [-0.05, 0) is 67.9 Å². The van der Waals surface area contributed by atoms with Crippen LogP contribution in [-0.4, -0.2) is 87.0 Å². The molecule has 2 aliphatic heterocycles. The Balaban J connectivity index is 1.28. The first-order valence-electron chi connectivity index (χ1n) is 15.1. The number of nitrogens with two attached hydrogens (primary N) is 1. The highest BCUT2D eigenvalue weighted by molar-refractivity contribution is 7.90. The molecule has 1 aromatic carbocycles. The molecule has 2 unspecified atom stereocenters. The molecule has 5 heterocycles. The van der Waals surface area contributed by atoms with E-state index >= 15 is 0 Å². The molecule has 0 spiro atoms. The summed E-state index contributed by atoms with van der Waals surface area (Å²) < 4.78 is 74.7. The van der Waals surface area contributed by atoms with E-state index in [0.29, 0.717) is 57.2 Å². The molecule has 45 heavy (non-hydrogen) atoms. The highest BCUT2D eigenvalue weighted by Gasteiger charge is 2.54. The number of fused-ring (bicyclic) bond motifs is 4. The van der Waals surface area contributed by atoms with Crippen molar-refractivity contribution in [3.8, 4) is 17.3 Å². The normalized spacial score (nSPS) is 24.2. The zero-order valence-corrected chi connectivity index (χ0v) is 25.3. The number of sulfonamides is 1. The second-order valence-corrected chi connectivity index (χ2v) is 14.6. The van der Waals surface area contributed by atoms with Crippen molar-refractivity contribution in [2.45, 2.75) is 55.9 Å². The first-order valence-corrected chi connectivity index (χ1v) is 16.6. The molecule has 238 valence electrons. The molecule has 4 aromatic rings. The van der Waals surface area contributed by atoms with Crippen molar-refractivity contribution >= 4 is 38.0 Å². The highest BCUT2D eigenvalue weighted by Crippen LogP contribution is 2.43. The number of benzene rings is 1. The van der Waals surface area contributed by atoms with Crippen molar-refractivity contribution in [2.75, 3.05) is 26.7 Å². The van der Waals surface area contributed by atoms with Crippen LogP contribution >= 0.6 is 0 Å². The Labute approximate surface area is 256 Å². The lowest BCUT2D eigenvalue weighted by molar-refractivity contribution is -0.0519. The molecule has 3 aromatic heterocycles. The maximum atomic E-state index is 13.8. The summed E-state index contributed by atoms with van der Waals surface area (Å²) >= 11 is 0. The quantitative estimate of drug-likeness (QED) is 0.325. The number of rotatable bonds is 7. The number of ether oxygens (including phenoxy) is 1. The summed E-state index contributed by atoms with van der Waals surface area (Å²) in [6.45, 7) is 0.501. The molecular formula is C30H32F3N7O4S. The standard InChI is InChI=1S/C30H32F3N7O4S/c1-44-24-11-19(29(41)39-13-18-6-7-22(39)25(18)34)9-21-26(24)40(20-14-37(15-20)45(42,43)30(31,32)33)28(36-21)23-10-17-3-2-8-35-27(17)38(23)12-16-4-5-16/h2-3,8-11,16,18,20,22,25H,4-7,12-15,34H2,1H3/t18?,22?,25-/m1/s1. The van der Waals surface area contributed by atoms with Gasteiger partial charge < -0.3 is 24.5 Å². The van der Waals surface area contributed by atoms with E-state index in [2.05, 4.69) is 9.55 Å². The molecule has 15 heteroatoms. The van der Waals surface area contributed by atoms with E-state index in [4.69, 9.17) is 15.5 Å². The second-order valence-electron chi connectivity index (χ2n) is 12.7. The van der Waals surface area contributed by atoms with Gasteiger partial charge in [0.25, 0.3) is 5.91 Å². The smallest absolute Gasteiger partial charge is 0.494 e. The fraction of sp³-hybridized carbons (Fsp3) is 0.500. The van der Waals surface area contributed by atoms with E-state index in [1.807, 2.05) is 23.1 Å². The Kier molecular flexibility index (Phi) is 6.33. The minimum Gasteiger partial charge on any atom is -0.494 e. The maximum absolute atomic E-state index is 13.8. The van der Waals surface area contributed by atoms with E-state index in [1.165, 1.54) is 7.11 Å². The molecule has 4 fully saturated rings. The number of alkyl halides is 3. The molecule has 1 amide bonds. The summed E-state index contributed by atoms with van der Waals surface area (Å²) in [5, 5.41) is 0.880. The monoisotopic (exact) mass is 643 g/mol. The molecule has 8 rings (SSSR count). The Hall–Kier alpha value is -3.69. The summed E-state index contributed by atoms with van der Waals surface area (Å²) in [6, 6.07) is 8.30. The van der Waals surface area contributed by atoms with Gasteiger partial charge in [0.05, 0.1) is 24.4 Å². The lowest BCUT2D eigenvalue weighted by Crippen LogP contribution is -2.54. The van der Waals surface area contributed by atoms with Gasteiger partial charge in [-0.2, -0.15) is 17.5 Å². The minimum absolute atomic E-state index is 0.0283. The van der Waals surface area contributed by atoms with Crippen molar-refractivity contribution in [2.24, 2.45) is 17.6 Å². The van der Waals surface area contributed by atoms with Crippen LogP contribution in [-0.2, 0) is 16.6 Å². The Morgan fingerprint density at radius 3 is 2.53 bits per heavy atom. The van der Waals surface area contributed by atoms with Crippen molar-refractivity contribution in [3.05, 3.63) is 42.1 Å². The van der Waals surface area contributed by atoms with E-state index < -0.39 is 21.6 Å². The Bertz CT molecular complexity index is 1960. The number of imidazole rings is 1. The molecule has 2 N–H and O–H groups in total. The Morgan fingerprint density at radius 2 is 1.89 bits per heavy atom. The Morgan fingerprint density at radius 1 is 1.11 bits per heavy atom. The molecule has 2 saturated heterocycles. The summed E-state index contributed by atoms with van der Waals surface area (Å²) in [4.78, 5) is 25.2. The summed E-state index contributed by atoms with van der Waals surface area (Å²) in [7, 11) is -4.03. The van der Waals surface area contributed by atoms with Crippen LogP contribution in [0.3, 0.4) is 0 Å². The largest absolute Gasteiger partial charge is 0.511 e. The van der Waals surface area contributed by atoms with Crippen LogP contribution in [0.15, 0.2) is 36.5 Å². The van der Waals surface area contributed by atoms with Crippen LogP contribution in [0, 0.1) is 11.8 Å². The summed E-state index contributed by atoms with van der Waals surface area (Å²) in [5.74, 6) is 1.33. The number of carbonyl (C=O) groups is 1. The third-order valence-corrected chi connectivity index (χ3v) is 11.5. The number of halogens is 3. The molecule has 0 radical (unpaired) electrons. The fourth-order valence-electron chi connectivity index (χ4n) is 7.40. The van der Waals surface area contributed by atoms with Crippen LogP contribution < -0.4 is 10.5 Å². The third-order valence-electron chi connectivity index (χ3n) is 9.98. The van der Waals surface area contributed by atoms with Crippen LogP contribution in [0.1, 0.15) is 42.1 Å². The molecular weight excluding hydrogens is 611 g/mol. The highest BCUT2D eigenvalue weighted by atomic mass is 32.2. The van der Waals surface area contributed by atoms with Crippen LogP contribution in [0.5, 0.6) is 5.75 Å². The topological polar surface area (TPSA) is 129 Å². The van der Waals surface area contributed by atoms with Crippen molar-refractivity contribution < 1.29 is 31.1 Å². The van der Waals surface area contributed by atoms with Gasteiger partial charge in [0.2, 0.25) is 0 Å². The first kappa shape index (κ1) is 28.8. The lowest BCUT2D eigenvalue weighted by atomic mass is 10.1. The number of nitrogens with zero attached hydrogens (tertiary/aromatic N) is 6. The van der Waals surface area contributed by atoms with Gasteiger partial charge in [-0.1, -0.05) is 0 Å². The number of aromatic nitrogens is 4. The van der Waals surface area contributed by atoms with Gasteiger partial charge >= 0.3 is 15.5 Å². The summed E-state index contributed by atoms with van der Waals surface area (Å²) in [6.07, 6.45) is 5.72. The van der Waals surface area contributed by atoms with Gasteiger partial charge in [0.1, 0.15) is 16.9 Å². The van der Waals surface area contributed by atoms with E-state index in [1.54, 1.807) is 22.9 Å². The van der Waals surface area contributed by atoms with Crippen LogP contribution in [0.2, 0.25) is 0 Å². The number of amides is 1. The first-order chi connectivity index (χ1) is 21.5. The average Bonchev–Trinajstić information content (AvgIpc) is 3.33. The second kappa shape index (κ2) is 9.90. The molecule has 2 bridgehead atoms. The molecule has 2 saturated carbocycles. The zero-order chi connectivity index (χ0) is 31.4. The van der Waals surface area contributed by atoms with E-state index in [9.17, 15) is 26.4 Å². The van der Waals surface area contributed by atoms with Gasteiger partial charge in [-0.25, -0.2) is 18.4 Å². The van der Waals surface area contributed by atoms with Gasteiger partial charge in [0, 0.05) is 55.4 Å². The lowest BCUT2D eigenvalue weighted by Gasteiger charge is -2.39. The van der Waals surface area contributed by atoms with Crippen LogP contribution in [0.4, 0.5) is 13.2 Å².